The van der Waals surface area contributed by atoms with Crippen molar-refractivity contribution in [1.29, 1.82) is 0 Å². The number of hydrogen-bond acceptors (Lipinski definition) is 5. The number of ether oxygens (including phenoxy) is 1. The highest BCUT2D eigenvalue weighted by Crippen LogP contribution is 2.18. The lowest BCUT2D eigenvalue weighted by Crippen LogP contribution is -2.11. The molecule has 1 aromatic heterocycles. The van der Waals surface area contributed by atoms with Crippen LogP contribution in [0.25, 0.3) is 0 Å². The van der Waals surface area contributed by atoms with Gasteiger partial charge in [-0.25, -0.2) is 0 Å². The van der Waals surface area contributed by atoms with Gasteiger partial charge in [0.1, 0.15) is 18.1 Å². The summed E-state index contributed by atoms with van der Waals surface area (Å²) in [5.41, 5.74) is 3.02. The molecular weight excluding hydrogens is 390 g/mol. The highest BCUT2D eigenvalue weighted by molar-refractivity contribution is 9.10. The number of halogens is 1. The Morgan fingerprint density at radius 3 is 2.46 bits per heavy atom. The number of anilines is 1. The number of aryl methyl sites for hydroxylation is 1. The number of amides is 1. The predicted molar refractivity (Wildman–Crippen MR) is 97.5 cm³/mol. The summed E-state index contributed by atoms with van der Waals surface area (Å²) in [5, 5.41) is 2.85. The molecule has 1 amide bonds. The van der Waals surface area contributed by atoms with Crippen LogP contribution in [0, 0.1) is 6.92 Å². The van der Waals surface area contributed by atoms with Crippen LogP contribution in [0.3, 0.4) is 0 Å². The first-order valence-electron chi connectivity index (χ1n) is 7.19. The summed E-state index contributed by atoms with van der Waals surface area (Å²) in [5.74, 6) is 0.519. The van der Waals surface area contributed by atoms with Gasteiger partial charge in [-0.05, 0) is 55.5 Å². The van der Waals surface area contributed by atoms with Crippen LogP contribution < -0.4 is 10.1 Å². The summed E-state index contributed by atoms with van der Waals surface area (Å²) in [6, 6.07) is 14.4. The number of rotatable bonds is 5. The van der Waals surface area contributed by atoms with Crippen LogP contribution in [0.4, 0.5) is 5.69 Å². The average Bonchev–Trinajstić information content (AvgIpc) is 3.00. The van der Waals surface area contributed by atoms with Crippen LogP contribution in [-0.4, -0.2) is 14.7 Å². The van der Waals surface area contributed by atoms with E-state index in [1.165, 1.54) is 11.7 Å². The van der Waals surface area contributed by atoms with E-state index in [-0.39, 0.29) is 5.91 Å². The van der Waals surface area contributed by atoms with Crippen LogP contribution >= 0.6 is 27.7 Å². The zero-order chi connectivity index (χ0) is 16.9. The average molecular weight is 404 g/mol. The molecule has 122 valence electrons. The monoisotopic (exact) mass is 403 g/mol. The Morgan fingerprint density at radius 2 is 1.83 bits per heavy atom. The Balaban J connectivity index is 1.60. The van der Waals surface area contributed by atoms with Crippen LogP contribution in [-0.2, 0) is 6.61 Å². The van der Waals surface area contributed by atoms with E-state index in [4.69, 9.17) is 4.74 Å². The molecule has 0 spiro atoms. The number of benzene rings is 2. The number of nitrogens with one attached hydrogen (secondary N) is 1. The quantitative estimate of drug-likeness (QED) is 0.683. The molecule has 0 saturated heterocycles. The van der Waals surface area contributed by atoms with Crippen molar-refractivity contribution in [3.8, 4) is 5.75 Å². The van der Waals surface area contributed by atoms with E-state index < -0.39 is 0 Å². The van der Waals surface area contributed by atoms with Gasteiger partial charge in [-0.1, -0.05) is 15.9 Å². The van der Waals surface area contributed by atoms with E-state index >= 15 is 0 Å². The molecule has 0 atom stereocenters. The van der Waals surface area contributed by atoms with E-state index in [9.17, 15) is 4.79 Å². The molecule has 7 heteroatoms. The SMILES string of the molecule is Cc1nsnc1COc1ccc(C(=O)Nc2ccc(Br)cc2)cc1. The van der Waals surface area contributed by atoms with Crippen molar-refractivity contribution in [3.63, 3.8) is 0 Å². The second kappa shape index (κ2) is 7.55. The molecule has 0 aliphatic rings. The molecule has 5 nitrogen and oxygen atoms in total. The molecule has 0 radical (unpaired) electrons. The third kappa shape index (κ3) is 4.18. The van der Waals surface area contributed by atoms with Crippen molar-refractivity contribution in [2.75, 3.05) is 5.32 Å². The molecule has 0 aliphatic carbocycles. The summed E-state index contributed by atoms with van der Waals surface area (Å²) in [4.78, 5) is 12.2. The van der Waals surface area contributed by atoms with E-state index in [1.807, 2.05) is 31.2 Å². The Labute approximate surface area is 152 Å². The number of aromatic nitrogens is 2. The van der Waals surface area contributed by atoms with Gasteiger partial charge in [-0.15, -0.1) is 0 Å². The molecule has 3 rings (SSSR count). The fourth-order valence-corrected chi connectivity index (χ4v) is 2.79. The molecule has 2 aromatic carbocycles. The van der Waals surface area contributed by atoms with Gasteiger partial charge in [-0.3, -0.25) is 4.79 Å². The van der Waals surface area contributed by atoms with Crippen molar-refractivity contribution in [2.45, 2.75) is 13.5 Å². The molecule has 0 bridgehead atoms. The Hall–Kier alpha value is -2.25. The van der Waals surface area contributed by atoms with Crippen molar-refractivity contribution in [2.24, 2.45) is 0 Å². The summed E-state index contributed by atoms with van der Waals surface area (Å²) in [7, 11) is 0. The van der Waals surface area contributed by atoms with Gasteiger partial charge in [0.25, 0.3) is 5.91 Å². The summed E-state index contributed by atoms with van der Waals surface area (Å²) in [6.45, 7) is 2.27. The fraction of sp³-hybridized carbons (Fsp3) is 0.118. The minimum atomic E-state index is -0.164. The molecule has 0 saturated carbocycles. The van der Waals surface area contributed by atoms with Gasteiger partial charge in [0.15, 0.2) is 0 Å². The third-order valence-corrected chi connectivity index (χ3v) is 4.53. The van der Waals surface area contributed by atoms with E-state index in [1.54, 1.807) is 24.3 Å². The summed E-state index contributed by atoms with van der Waals surface area (Å²) in [6.07, 6.45) is 0. The fourth-order valence-electron chi connectivity index (χ4n) is 1.97. The maximum atomic E-state index is 12.2. The number of nitrogens with zero attached hydrogens (tertiary/aromatic N) is 2. The number of carbonyl (C=O) groups is 1. The lowest BCUT2D eigenvalue weighted by molar-refractivity contribution is 0.102. The normalized spacial score (nSPS) is 10.4. The van der Waals surface area contributed by atoms with Crippen LogP contribution in [0.1, 0.15) is 21.7 Å². The lowest BCUT2D eigenvalue weighted by Gasteiger charge is -2.07. The van der Waals surface area contributed by atoms with Crippen LogP contribution in [0.15, 0.2) is 53.0 Å². The first kappa shape index (κ1) is 16.6. The predicted octanol–water partition coefficient (Wildman–Crippen LogP) is 4.44. The maximum Gasteiger partial charge on any atom is 0.255 e. The number of hydrogen-bond donors (Lipinski definition) is 1. The largest absolute Gasteiger partial charge is 0.487 e. The van der Waals surface area contributed by atoms with Gasteiger partial charge < -0.3 is 10.1 Å². The third-order valence-electron chi connectivity index (χ3n) is 3.34. The van der Waals surface area contributed by atoms with Crippen LogP contribution in [0.2, 0.25) is 0 Å². The molecular formula is C17H14BrN3O2S. The topological polar surface area (TPSA) is 64.1 Å². The molecule has 1 heterocycles. The van der Waals surface area contributed by atoms with E-state index in [2.05, 4.69) is 30.0 Å². The Morgan fingerprint density at radius 1 is 1.12 bits per heavy atom. The molecule has 3 aromatic rings. The molecule has 24 heavy (non-hydrogen) atoms. The van der Waals surface area contributed by atoms with Crippen molar-refractivity contribution in [1.82, 2.24) is 8.75 Å². The van der Waals surface area contributed by atoms with Crippen LogP contribution in [0.5, 0.6) is 5.75 Å². The standard InChI is InChI=1S/C17H14BrN3O2S/c1-11-16(21-24-20-11)10-23-15-8-2-12(3-9-15)17(22)19-14-6-4-13(18)5-7-14/h2-9H,10H2,1H3,(H,19,22). The molecule has 0 fully saturated rings. The smallest absolute Gasteiger partial charge is 0.255 e. The second-order valence-electron chi connectivity index (χ2n) is 5.07. The molecule has 1 N–H and O–H groups in total. The Bertz CT molecular complexity index is 832. The van der Waals surface area contributed by atoms with Gasteiger partial charge in [0, 0.05) is 15.7 Å². The second-order valence-corrected chi connectivity index (χ2v) is 6.51. The lowest BCUT2D eigenvalue weighted by atomic mass is 10.2. The van der Waals surface area contributed by atoms with Crippen molar-refractivity contribution < 1.29 is 9.53 Å². The zero-order valence-electron chi connectivity index (χ0n) is 12.8. The highest BCUT2D eigenvalue weighted by atomic mass is 79.9. The zero-order valence-corrected chi connectivity index (χ0v) is 15.2. The van der Waals surface area contributed by atoms with Gasteiger partial charge >= 0.3 is 0 Å². The summed E-state index contributed by atoms with van der Waals surface area (Å²) < 4.78 is 14.9. The molecule has 0 aliphatic heterocycles. The van der Waals surface area contributed by atoms with Crippen molar-refractivity contribution in [3.05, 3.63) is 70.0 Å². The van der Waals surface area contributed by atoms with Gasteiger partial charge in [-0.2, -0.15) is 8.75 Å². The van der Waals surface area contributed by atoms with Gasteiger partial charge in [0.2, 0.25) is 0 Å². The minimum absolute atomic E-state index is 0.164. The Kier molecular flexibility index (Phi) is 5.22. The number of carbonyl (C=O) groups excluding carboxylic acids is 1. The van der Waals surface area contributed by atoms with E-state index in [0.717, 1.165) is 21.5 Å². The highest BCUT2D eigenvalue weighted by Gasteiger charge is 2.08. The van der Waals surface area contributed by atoms with E-state index in [0.29, 0.717) is 17.9 Å². The summed E-state index contributed by atoms with van der Waals surface area (Å²) >= 11 is 4.54. The van der Waals surface area contributed by atoms with Gasteiger partial charge in [0.05, 0.1) is 17.4 Å². The molecule has 0 unspecified atom stereocenters. The van der Waals surface area contributed by atoms with Crippen molar-refractivity contribution >= 4 is 39.3 Å². The first-order valence-corrected chi connectivity index (χ1v) is 8.72. The minimum Gasteiger partial charge on any atom is -0.487 e. The first-order chi connectivity index (χ1) is 11.6. The maximum absolute atomic E-state index is 12.2.